The van der Waals surface area contributed by atoms with Gasteiger partial charge in [-0.1, -0.05) is 36.4 Å². The second kappa shape index (κ2) is 5.88. The zero-order valence-corrected chi connectivity index (χ0v) is 12.0. The maximum absolute atomic E-state index is 11.3. The zero-order chi connectivity index (χ0) is 14.7. The van der Waals surface area contributed by atoms with Gasteiger partial charge in [-0.2, -0.15) is 0 Å². The first-order chi connectivity index (χ1) is 10.2. The largest absolute Gasteiger partial charge is 0.295 e. The van der Waals surface area contributed by atoms with E-state index in [2.05, 4.69) is 29.2 Å². The number of ketones is 1. The summed E-state index contributed by atoms with van der Waals surface area (Å²) in [7, 11) is 0. The van der Waals surface area contributed by atoms with Gasteiger partial charge in [-0.25, -0.2) is 0 Å². The molecule has 0 saturated carbocycles. The molecule has 0 aliphatic carbocycles. The Labute approximate surface area is 124 Å². The topological polar surface area (TPSA) is 30.0 Å². The van der Waals surface area contributed by atoms with E-state index >= 15 is 0 Å². The zero-order valence-electron chi connectivity index (χ0n) is 12.0. The number of carbonyl (C=O) groups is 1. The molecule has 0 radical (unpaired) electrons. The molecule has 0 spiro atoms. The molecule has 3 aromatic rings. The number of hydrogen-bond acceptors (Lipinski definition) is 2. The van der Waals surface area contributed by atoms with Gasteiger partial charge in [0.05, 0.1) is 5.52 Å². The molecular weight excluding hydrogens is 258 g/mol. The van der Waals surface area contributed by atoms with Crippen LogP contribution in [0, 0.1) is 0 Å². The first kappa shape index (κ1) is 13.5. The molecule has 0 unspecified atom stereocenters. The third kappa shape index (κ3) is 3.16. The molecule has 0 aliphatic heterocycles. The van der Waals surface area contributed by atoms with Crippen molar-refractivity contribution in [1.29, 1.82) is 0 Å². The molecule has 21 heavy (non-hydrogen) atoms. The average Bonchev–Trinajstić information content (AvgIpc) is 2.53. The third-order valence-electron chi connectivity index (χ3n) is 3.73. The van der Waals surface area contributed by atoms with Crippen molar-refractivity contribution in [2.45, 2.75) is 19.8 Å². The number of nitrogens with zero attached hydrogens (tertiary/aromatic N) is 1. The number of hydrogen-bond donors (Lipinski definition) is 0. The summed E-state index contributed by atoms with van der Waals surface area (Å²) in [4.78, 5) is 15.6. The van der Waals surface area contributed by atoms with Crippen molar-refractivity contribution in [3.63, 3.8) is 0 Å². The highest BCUT2D eigenvalue weighted by atomic mass is 16.1. The molecule has 2 aromatic carbocycles. The first-order valence-electron chi connectivity index (χ1n) is 7.16. The Hall–Kier alpha value is -2.48. The van der Waals surface area contributed by atoms with Gasteiger partial charge >= 0.3 is 0 Å². The summed E-state index contributed by atoms with van der Waals surface area (Å²) < 4.78 is 0. The monoisotopic (exact) mass is 275 g/mol. The van der Waals surface area contributed by atoms with Crippen LogP contribution < -0.4 is 0 Å². The molecule has 0 N–H and O–H groups in total. The summed E-state index contributed by atoms with van der Waals surface area (Å²) in [6.45, 7) is 1.60. The van der Waals surface area contributed by atoms with E-state index in [-0.39, 0.29) is 5.78 Å². The lowest BCUT2D eigenvalue weighted by molar-refractivity contribution is 0.101. The molecule has 0 amide bonds. The Morgan fingerprint density at radius 2 is 1.67 bits per heavy atom. The Balaban J connectivity index is 1.72. The molecule has 104 valence electrons. The lowest BCUT2D eigenvalue weighted by atomic mass is 10.0. The van der Waals surface area contributed by atoms with Crippen LogP contribution in [-0.4, -0.2) is 10.8 Å². The molecule has 1 aromatic heterocycles. The lowest BCUT2D eigenvalue weighted by Crippen LogP contribution is -1.95. The van der Waals surface area contributed by atoms with E-state index in [0.717, 1.165) is 23.9 Å². The highest BCUT2D eigenvalue weighted by molar-refractivity contribution is 5.94. The Morgan fingerprint density at radius 1 is 0.952 bits per heavy atom. The lowest BCUT2D eigenvalue weighted by Gasteiger charge is -2.05. The standard InChI is InChI=1S/C19H17NO/c1-14(21)17-9-6-15(7-10-17)4-5-16-8-11-19-18(13-16)3-2-12-20-19/h2-3,6-13H,4-5H2,1H3. The number of benzene rings is 2. The summed E-state index contributed by atoms with van der Waals surface area (Å²) in [5.74, 6) is 0.114. The van der Waals surface area contributed by atoms with Crippen molar-refractivity contribution in [2.75, 3.05) is 0 Å². The van der Waals surface area contributed by atoms with E-state index in [0.29, 0.717) is 0 Å². The molecule has 0 bridgehead atoms. The van der Waals surface area contributed by atoms with Gasteiger partial charge in [0, 0.05) is 17.1 Å². The van der Waals surface area contributed by atoms with Crippen LogP contribution in [0.15, 0.2) is 60.8 Å². The second-order valence-corrected chi connectivity index (χ2v) is 5.28. The van der Waals surface area contributed by atoms with Crippen LogP contribution in [-0.2, 0) is 12.8 Å². The normalized spacial score (nSPS) is 10.7. The minimum atomic E-state index is 0.114. The van der Waals surface area contributed by atoms with Crippen molar-refractivity contribution in [3.8, 4) is 0 Å². The van der Waals surface area contributed by atoms with Gasteiger partial charge in [-0.3, -0.25) is 9.78 Å². The minimum absolute atomic E-state index is 0.114. The quantitative estimate of drug-likeness (QED) is 0.667. The number of aryl methyl sites for hydroxylation is 2. The fourth-order valence-electron chi connectivity index (χ4n) is 2.48. The van der Waals surface area contributed by atoms with Gasteiger partial charge in [0.25, 0.3) is 0 Å². The summed E-state index contributed by atoms with van der Waals surface area (Å²) in [6, 6.07) is 18.4. The summed E-state index contributed by atoms with van der Waals surface area (Å²) in [6.07, 6.45) is 3.78. The molecule has 0 atom stereocenters. The summed E-state index contributed by atoms with van der Waals surface area (Å²) in [5.41, 5.74) is 4.38. The van der Waals surface area contributed by atoms with Crippen LogP contribution in [0.3, 0.4) is 0 Å². The van der Waals surface area contributed by atoms with E-state index in [1.165, 1.54) is 16.5 Å². The van der Waals surface area contributed by atoms with E-state index in [4.69, 9.17) is 0 Å². The van der Waals surface area contributed by atoms with Gasteiger partial charge in [0.15, 0.2) is 5.78 Å². The molecule has 0 fully saturated rings. The highest BCUT2D eigenvalue weighted by Crippen LogP contribution is 2.15. The maximum atomic E-state index is 11.3. The van der Waals surface area contributed by atoms with Gasteiger partial charge in [0.1, 0.15) is 0 Å². The fraction of sp³-hybridized carbons (Fsp3) is 0.158. The number of fused-ring (bicyclic) bond motifs is 1. The molecule has 3 rings (SSSR count). The van der Waals surface area contributed by atoms with Crippen molar-refractivity contribution in [1.82, 2.24) is 4.98 Å². The van der Waals surface area contributed by atoms with Crippen LogP contribution in [0.2, 0.25) is 0 Å². The van der Waals surface area contributed by atoms with Crippen LogP contribution in [0.5, 0.6) is 0 Å². The molecule has 1 heterocycles. The van der Waals surface area contributed by atoms with E-state index in [1.807, 2.05) is 36.5 Å². The highest BCUT2D eigenvalue weighted by Gasteiger charge is 2.01. The van der Waals surface area contributed by atoms with Crippen LogP contribution in [0.1, 0.15) is 28.4 Å². The predicted octanol–water partition coefficient (Wildman–Crippen LogP) is 4.22. The predicted molar refractivity (Wildman–Crippen MR) is 85.6 cm³/mol. The summed E-state index contributed by atoms with van der Waals surface area (Å²) >= 11 is 0. The molecule has 2 heteroatoms. The maximum Gasteiger partial charge on any atom is 0.159 e. The number of pyridine rings is 1. The van der Waals surface area contributed by atoms with Crippen LogP contribution in [0.25, 0.3) is 10.9 Å². The van der Waals surface area contributed by atoms with E-state index in [9.17, 15) is 4.79 Å². The van der Waals surface area contributed by atoms with Crippen molar-refractivity contribution in [3.05, 3.63) is 77.5 Å². The Morgan fingerprint density at radius 3 is 2.43 bits per heavy atom. The van der Waals surface area contributed by atoms with Crippen molar-refractivity contribution in [2.24, 2.45) is 0 Å². The Bertz CT molecular complexity index is 775. The number of Topliss-reactive ketones (excluding diaryl/α,β-unsaturated/α-hetero) is 1. The first-order valence-corrected chi connectivity index (χ1v) is 7.16. The van der Waals surface area contributed by atoms with Gasteiger partial charge in [-0.05, 0) is 49.1 Å². The SMILES string of the molecule is CC(=O)c1ccc(CCc2ccc3ncccc3c2)cc1. The Kier molecular flexibility index (Phi) is 3.78. The van der Waals surface area contributed by atoms with Crippen molar-refractivity contribution >= 4 is 16.7 Å². The van der Waals surface area contributed by atoms with E-state index < -0.39 is 0 Å². The molecular formula is C19H17NO. The van der Waals surface area contributed by atoms with Gasteiger partial charge < -0.3 is 0 Å². The summed E-state index contributed by atoms with van der Waals surface area (Å²) in [5, 5.41) is 1.18. The van der Waals surface area contributed by atoms with Gasteiger partial charge in [0.2, 0.25) is 0 Å². The molecule has 0 aliphatic rings. The minimum Gasteiger partial charge on any atom is -0.295 e. The third-order valence-corrected chi connectivity index (χ3v) is 3.73. The molecule has 2 nitrogen and oxygen atoms in total. The number of rotatable bonds is 4. The molecule has 0 saturated heterocycles. The average molecular weight is 275 g/mol. The van der Waals surface area contributed by atoms with Crippen LogP contribution >= 0.6 is 0 Å². The van der Waals surface area contributed by atoms with Crippen LogP contribution in [0.4, 0.5) is 0 Å². The van der Waals surface area contributed by atoms with Gasteiger partial charge in [-0.15, -0.1) is 0 Å². The van der Waals surface area contributed by atoms with E-state index in [1.54, 1.807) is 6.92 Å². The van der Waals surface area contributed by atoms with Crippen molar-refractivity contribution < 1.29 is 4.79 Å². The second-order valence-electron chi connectivity index (χ2n) is 5.28. The number of carbonyl (C=O) groups excluding carboxylic acids is 1. The number of aromatic nitrogens is 1. The smallest absolute Gasteiger partial charge is 0.159 e. The fourth-order valence-corrected chi connectivity index (χ4v) is 2.48.